The molecule has 21 heavy (non-hydrogen) atoms. The standard InChI is InChI=1S/C14H18N6S/c1-7-5-10(9(3)21-7)8(2)17-12-11-6-16-20-13(11)19-14(15-4)18-12/h5-6,8H,1-4H3,(H3,15,16,17,18,19,20). The van der Waals surface area contributed by atoms with E-state index < -0.39 is 0 Å². The molecule has 3 aromatic heterocycles. The van der Waals surface area contributed by atoms with Crippen molar-refractivity contribution in [2.24, 2.45) is 0 Å². The monoisotopic (exact) mass is 302 g/mol. The lowest BCUT2D eigenvalue weighted by molar-refractivity contribution is 0.873. The number of H-pyrrole nitrogens is 1. The SMILES string of the molecule is CNc1nc(NC(C)c2cc(C)sc2C)c2cn[nH]c2n1. The molecule has 0 aliphatic heterocycles. The van der Waals surface area contributed by atoms with Crippen LogP contribution in [0.25, 0.3) is 11.0 Å². The summed E-state index contributed by atoms with van der Waals surface area (Å²) in [5.41, 5.74) is 2.03. The topological polar surface area (TPSA) is 78.5 Å². The summed E-state index contributed by atoms with van der Waals surface area (Å²) in [5, 5.41) is 14.3. The number of aryl methyl sites for hydroxylation is 2. The highest BCUT2D eigenvalue weighted by molar-refractivity contribution is 7.12. The van der Waals surface area contributed by atoms with Gasteiger partial charge < -0.3 is 10.6 Å². The summed E-state index contributed by atoms with van der Waals surface area (Å²) in [6, 6.07) is 2.40. The maximum Gasteiger partial charge on any atom is 0.226 e. The van der Waals surface area contributed by atoms with Crippen LogP contribution in [0.1, 0.15) is 28.3 Å². The third-order valence-electron chi connectivity index (χ3n) is 3.43. The first-order valence-electron chi connectivity index (χ1n) is 6.81. The number of thiophene rings is 1. The average Bonchev–Trinajstić information content (AvgIpc) is 3.04. The molecule has 0 radical (unpaired) electrons. The van der Waals surface area contributed by atoms with E-state index in [4.69, 9.17) is 0 Å². The minimum atomic E-state index is 0.174. The molecular formula is C14H18N6S. The first kappa shape index (κ1) is 13.8. The van der Waals surface area contributed by atoms with Gasteiger partial charge in [-0.15, -0.1) is 11.3 Å². The van der Waals surface area contributed by atoms with E-state index in [1.807, 2.05) is 11.3 Å². The van der Waals surface area contributed by atoms with E-state index in [0.29, 0.717) is 5.95 Å². The van der Waals surface area contributed by atoms with Crippen molar-refractivity contribution in [1.29, 1.82) is 0 Å². The Bertz CT molecular complexity index is 775. The van der Waals surface area contributed by atoms with Gasteiger partial charge in [-0.3, -0.25) is 5.10 Å². The molecule has 0 saturated heterocycles. The molecule has 3 aromatic rings. The van der Waals surface area contributed by atoms with Crippen LogP contribution >= 0.6 is 11.3 Å². The molecule has 0 bridgehead atoms. The van der Waals surface area contributed by atoms with Crippen LogP contribution in [-0.2, 0) is 0 Å². The Morgan fingerprint density at radius 1 is 1.29 bits per heavy atom. The van der Waals surface area contributed by atoms with Gasteiger partial charge >= 0.3 is 0 Å². The minimum absolute atomic E-state index is 0.174. The largest absolute Gasteiger partial charge is 0.363 e. The van der Waals surface area contributed by atoms with E-state index in [1.165, 1.54) is 15.3 Å². The molecule has 0 fully saturated rings. The summed E-state index contributed by atoms with van der Waals surface area (Å²) in [6.07, 6.45) is 1.75. The molecule has 7 heteroatoms. The third kappa shape index (κ3) is 2.56. The number of hydrogen-bond acceptors (Lipinski definition) is 6. The maximum absolute atomic E-state index is 4.50. The molecule has 3 N–H and O–H groups in total. The van der Waals surface area contributed by atoms with E-state index >= 15 is 0 Å². The molecule has 3 heterocycles. The van der Waals surface area contributed by atoms with Gasteiger partial charge in [0.15, 0.2) is 5.65 Å². The summed E-state index contributed by atoms with van der Waals surface area (Å²) in [4.78, 5) is 11.5. The Kier molecular flexibility index (Phi) is 3.50. The van der Waals surface area contributed by atoms with Crippen LogP contribution in [0.2, 0.25) is 0 Å². The fraction of sp³-hybridized carbons (Fsp3) is 0.357. The Morgan fingerprint density at radius 3 is 2.76 bits per heavy atom. The second kappa shape index (κ2) is 5.33. The van der Waals surface area contributed by atoms with Gasteiger partial charge in [0.05, 0.1) is 17.6 Å². The summed E-state index contributed by atoms with van der Waals surface area (Å²) in [7, 11) is 1.80. The molecule has 3 rings (SSSR count). The summed E-state index contributed by atoms with van der Waals surface area (Å²) in [5.74, 6) is 1.36. The van der Waals surface area contributed by atoms with Gasteiger partial charge in [-0.2, -0.15) is 15.1 Å². The maximum atomic E-state index is 4.50. The Labute approximate surface area is 127 Å². The first-order chi connectivity index (χ1) is 10.1. The smallest absolute Gasteiger partial charge is 0.226 e. The van der Waals surface area contributed by atoms with Gasteiger partial charge in [-0.1, -0.05) is 0 Å². The molecule has 1 atom stereocenters. The third-order valence-corrected chi connectivity index (χ3v) is 4.41. The van der Waals surface area contributed by atoms with Crippen molar-refractivity contribution in [3.8, 4) is 0 Å². The second-order valence-corrected chi connectivity index (χ2v) is 6.47. The lowest BCUT2D eigenvalue weighted by atomic mass is 10.1. The Hall–Kier alpha value is -2.15. The van der Waals surface area contributed by atoms with Crippen LogP contribution in [0.15, 0.2) is 12.3 Å². The van der Waals surface area contributed by atoms with E-state index in [9.17, 15) is 0 Å². The van der Waals surface area contributed by atoms with Crippen molar-refractivity contribution < 1.29 is 0 Å². The summed E-state index contributed by atoms with van der Waals surface area (Å²) in [6.45, 7) is 6.42. The molecule has 0 aliphatic rings. The van der Waals surface area contributed by atoms with Crippen LogP contribution < -0.4 is 10.6 Å². The van der Waals surface area contributed by atoms with Crippen molar-refractivity contribution in [2.45, 2.75) is 26.8 Å². The van der Waals surface area contributed by atoms with Crippen LogP contribution in [-0.4, -0.2) is 27.2 Å². The Balaban J connectivity index is 1.97. The normalized spacial score (nSPS) is 12.6. The second-order valence-electron chi connectivity index (χ2n) is 5.01. The summed E-state index contributed by atoms with van der Waals surface area (Å²) < 4.78 is 0. The quantitative estimate of drug-likeness (QED) is 0.689. The van der Waals surface area contributed by atoms with Crippen molar-refractivity contribution in [2.75, 3.05) is 17.7 Å². The van der Waals surface area contributed by atoms with Gasteiger partial charge in [-0.05, 0) is 32.4 Å². The highest BCUT2D eigenvalue weighted by Crippen LogP contribution is 2.30. The first-order valence-corrected chi connectivity index (χ1v) is 7.62. The van der Waals surface area contributed by atoms with E-state index in [2.05, 4.69) is 57.6 Å². The minimum Gasteiger partial charge on any atom is -0.363 e. The van der Waals surface area contributed by atoms with Gasteiger partial charge in [0.2, 0.25) is 5.95 Å². The van der Waals surface area contributed by atoms with Crippen molar-refractivity contribution in [3.05, 3.63) is 27.6 Å². The zero-order valence-electron chi connectivity index (χ0n) is 12.5. The average molecular weight is 302 g/mol. The van der Waals surface area contributed by atoms with Crippen molar-refractivity contribution in [3.63, 3.8) is 0 Å². The Morgan fingerprint density at radius 2 is 2.10 bits per heavy atom. The number of anilines is 2. The lowest BCUT2D eigenvalue weighted by Crippen LogP contribution is -2.10. The number of nitrogens with zero attached hydrogens (tertiary/aromatic N) is 3. The van der Waals surface area contributed by atoms with Crippen LogP contribution in [0.3, 0.4) is 0 Å². The molecule has 0 aromatic carbocycles. The van der Waals surface area contributed by atoms with E-state index in [-0.39, 0.29) is 6.04 Å². The molecule has 110 valence electrons. The lowest BCUT2D eigenvalue weighted by Gasteiger charge is -2.15. The predicted molar refractivity (Wildman–Crippen MR) is 87.1 cm³/mol. The van der Waals surface area contributed by atoms with Crippen LogP contribution in [0.4, 0.5) is 11.8 Å². The summed E-state index contributed by atoms with van der Waals surface area (Å²) >= 11 is 1.82. The van der Waals surface area contributed by atoms with E-state index in [1.54, 1.807) is 13.2 Å². The fourth-order valence-electron chi connectivity index (χ4n) is 2.42. The predicted octanol–water partition coefficient (Wildman–Crippen LogP) is 3.25. The number of fused-ring (bicyclic) bond motifs is 1. The van der Waals surface area contributed by atoms with Gasteiger partial charge in [0.1, 0.15) is 5.82 Å². The van der Waals surface area contributed by atoms with Gasteiger partial charge in [0.25, 0.3) is 0 Å². The van der Waals surface area contributed by atoms with Crippen LogP contribution in [0.5, 0.6) is 0 Å². The zero-order valence-corrected chi connectivity index (χ0v) is 13.3. The molecule has 0 spiro atoms. The van der Waals surface area contributed by atoms with E-state index in [0.717, 1.165) is 16.9 Å². The number of nitrogens with one attached hydrogen (secondary N) is 3. The number of rotatable bonds is 4. The number of aromatic nitrogens is 4. The fourth-order valence-corrected chi connectivity index (χ4v) is 3.44. The van der Waals surface area contributed by atoms with Gasteiger partial charge in [0, 0.05) is 16.8 Å². The molecule has 1 unspecified atom stereocenters. The zero-order chi connectivity index (χ0) is 15.0. The number of hydrogen-bond donors (Lipinski definition) is 3. The molecule has 0 saturated carbocycles. The highest BCUT2D eigenvalue weighted by atomic mass is 32.1. The molecule has 0 aliphatic carbocycles. The molecule has 0 amide bonds. The van der Waals surface area contributed by atoms with Gasteiger partial charge in [-0.25, -0.2) is 0 Å². The highest BCUT2D eigenvalue weighted by Gasteiger charge is 2.15. The number of aromatic amines is 1. The molecular weight excluding hydrogens is 284 g/mol. The van der Waals surface area contributed by atoms with Crippen LogP contribution in [0, 0.1) is 13.8 Å². The van der Waals surface area contributed by atoms with Crippen molar-refractivity contribution in [1.82, 2.24) is 20.2 Å². The van der Waals surface area contributed by atoms with Crippen molar-refractivity contribution >= 4 is 34.1 Å². The molecule has 6 nitrogen and oxygen atoms in total.